The molecule has 4 rings (SSSR count). The molecule has 3 heterocycles. The number of aliphatic carboxylic acids is 1. The maximum absolute atomic E-state index is 12.6. The van der Waals surface area contributed by atoms with Gasteiger partial charge in [0.1, 0.15) is 11.7 Å². The average Bonchev–Trinajstić information content (AvgIpc) is 3.27. The number of fused-ring (bicyclic) bond motifs is 1. The molecule has 1 aliphatic rings. The van der Waals surface area contributed by atoms with Crippen LogP contribution in [0.1, 0.15) is 26.5 Å². The summed E-state index contributed by atoms with van der Waals surface area (Å²) < 4.78 is 44.0. The number of nitrogen functional groups attached to an aromatic ring is 1. The molecule has 5 N–H and O–H groups in total. The quantitative estimate of drug-likeness (QED) is 0.102. The molecule has 17 heteroatoms. The molecule has 1 aromatic carbocycles. The monoisotopic (exact) mass is 582 g/mol. The van der Waals surface area contributed by atoms with E-state index in [1.165, 1.54) is 32.2 Å². The molecule has 0 aliphatic carbocycles. The van der Waals surface area contributed by atoms with Gasteiger partial charge in [-0.05, 0) is 39.0 Å². The summed E-state index contributed by atoms with van der Waals surface area (Å²) >= 11 is 0.980. The van der Waals surface area contributed by atoms with Gasteiger partial charge in [0.2, 0.25) is 11.5 Å². The van der Waals surface area contributed by atoms with Crippen LogP contribution in [-0.2, 0) is 29.5 Å². The summed E-state index contributed by atoms with van der Waals surface area (Å²) in [4.78, 5) is 48.1. The van der Waals surface area contributed by atoms with Crippen LogP contribution in [0.15, 0.2) is 46.9 Å². The molecule has 0 saturated carbocycles. The molecular formula is C22H23FN6O8S2. The zero-order chi connectivity index (χ0) is 29.1. The first-order valence-corrected chi connectivity index (χ1v) is 13.2. The number of carboxylic acids is 1. The van der Waals surface area contributed by atoms with E-state index in [0.29, 0.717) is 5.52 Å². The molecule has 2 atom stereocenters. The first kappa shape index (κ1) is 29.3. The van der Waals surface area contributed by atoms with Crippen LogP contribution in [0, 0.1) is 5.95 Å². The molecule has 2 amide bonds. The van der Waals surface area contributed by atoms with E-state index in [1.54, 1.807) is 12.1 Å². The Bertz CT molecular complexity index is 1560. The van der Waals surface area contributed by atoms with Crippen LogP contribution < -0.4 is 11.1 Å². The number of rotatable bonds is 7. The normalized spacial score (nSPS) is 17.6. The highest BCUT2D eigenvalue weighted by Crippen LogP contribution is 2.23. The fourth-order valence-electron chi connectivity index (χ4n) is 3.15. The number of oxime groups is 1. The lowest BCUT2D eigenvalue weighted by molar-refractivity contribution is -0.161. The number of β-lactam (4-membered cyclic amide) rings is 1. The molecular weight excluding hydrogens is 559 g/mol. The van der Waals surface area contributed by atoms with Crippen molar-refractivity contribution in [2.75, 3.05) is 5.73 Å². The van der Waals surface area contributed by atoms with Gasteiger partial charge in [-0.3, -0.25) is 14.1 Å². The number of hydrogen-bond donors (Lipinski definition) is 4. The standard InChI is InChI=1S/C13H17N5O8S2.C9H6FN/c1-5-7(10(20)18(5)28(23,24)25)16-9(19)8(6-4-27-12(14)15-6)17-26-13(2,3)11(21)22;10-9-6-5-7-3-1-2-4-8(7)11-9/h4-5,7H,1-3H3,(H2,14,15)(H,16,19)(H,21,22)(H,23,24,25);1-6H/t5-,7-;/m0./s1. The summed E-state index contributed by atoms with van der Waals surface area (Å²) in [5, 5.41) is 17.3. The van der Waals surface area contributed by atoms with E-state index >= 15 is 0 Å². The van der Waals surface area contributed by atoms with E-state index in [1.807, 2.05) is 18.2 Å². The van der Waals surface area contributed by atoms with Gasteiger partial charge in [-0.15, -0.1) is 11.3 Å². The molecule has 1 saturated heterocycles. The zero-order valence-electron chi connectivity index (χ0n) is 20.6. The lowest BCUT2D eigenvalue weighted by Gasteiger charge is -2.42. The summed E-state index contributed by atoms with van der Waals surface area (Å²) in [6, 6.07) is 8.21. The third-order valence-electron chi connectivity index (χ3n) is 5.30. The summed E-state index contributed by atoms with van der Waals surface area (Å²) in [6.07, 6.45) is 0. The molecule has 208 valence electrons. The van der Waals surface area contributed by atoms with Crippen LogP contribution >= 0.6 is 11.3 Å². The molecule has 39 heavy (non-hydrogen) atoms. The van der Waals surface area contributed by atoms with Gasteiger partial charge in [0, 0.05) is 10.8 Å². The Balaban J connectivity index is 0.000000314. The van der Waals surface area contributed by atoms with Crippen LogP contribution in [0.5, 0.6) is 0 Å². The minimum Gasteiger partial charge on any atom is -0.478 e. The van der Waals surface area contributed by atoms with Crippen molar-refractivity contribution in [1.29, 1.82) is 0 Å². The molecule has 0 spiro atoms. The lowest BCUT2D eigenvalue weighted by Crippen LogP contribution is -2.71. The predicted octanol–water partition coefficient (Wildman–Crippen LogP) is 1.20. The second-order valence-corrected chi connectivity index (χ2v) is 10.7. The smallest absolute Gasteiger partial charge is 0.362 e. The molecule has 1 fully saturated rings. The molecule has 14 nitrogen and oxygen atoms in total. The number of aromatic nitrogens is 2. The number of carbonyl (C=O) groups excluding carboxylic acids is 2. The maximum atomic E-state index is 12.6. The zero-order valence-corrected chi connectivity index (χ0v) is 22.2. The summed E-state index contributed by atoms with van der Waals surface area (Å²) in [6.45, 7) is 3.69. The molecule has 0 radical (unpaired) electrons. The molecule has 0 unspecified atom stereocenters. The fourth-order valence-corrected chi connectivity index (χ4v) is 4.58. The molecule has 0 bridgehead atoms. The number of carbonyl (C=O) groups is 3. The summed E-state index contributed by atoms with van der Waals surface area (Å²) in [5.74, 6) is -3.80. The number of benzene rings is 1. The second-order valence-electron chi connectivity index (χ2n) is 8.55. The minimum atomic E-state index is -4.76. The second kappa shape index (κ2) is 11.3. The van der Waals surface area contributed by atoms with Gasteiger partial charge in [-0.1, -0.05) is 23.4 Å². The van der Waals surface area contributed by atoms with Crippen LogP contribution in [0.4, 0.5) is 9.52 Å². The van der Waals surface area contributed by atoms with Crippen LogP contribution in [-0.4, -0.2) is 73.5 Å². The van der Waals surface area contributed by atoms with Crippen molar-refractivity contribution >= 4 is 61.2 Å². The van der Waals surface area contributed by atoms with E-state index in [0.717, 1.165) is 16.7 Å². The van der Waals surface area contributed by atoms with E-state index in [-0.39, 0.29) is 15.1 Å². The highest BCUT2D eigenvalue weighted by Gasteiger charge is 2.51. The Kier molecular flexibility index (Phi) is 8.47. The Morgan fingerprint density at radius 2 is 1.90 bits per heavy atom. The van der Waals surface area contributed by atoms with Gasteiger partial charge in [0.25, 0.3) is 11.8 Å². The number of pyridine rings is 1. The summed E-state index contributed by atoms with van der Waals surface area (Å²) in [5.41, 5.74) is 3.96. The topological polar surface area (TPSA) is 214 Å². The highest BCUT2D eigenvalue weighted by molar-refractivity contribution is 7.84. The van der Waals surface area contributed by atoms with E-state index in [9.17, 15) is 27.2 Å². The van der Waals surface area contributed by atoms with Gasteiger partial charge in [0.05, 0.1) is 11.6 Å². The van der Waals surface area contributed by atoms with Gasteiger partial charge in [-0.2, -0.15) is 12.8 Å². The van der Waals surface area contributed by atoms with Crippen LogP contribution in [0.3, 0.4) is 0 Å². The number of halogens is 1. The van der Waals surface area contributed by atoms with Crippen molar-refractivity contribution in [1.82, 2.24) is 19.6 Å². The number of hydrogen-bond acceptors (Lipinski definition) is 11. The minimum absolute atomic E-state index is 0.0350. The number of anilines is 1. The van der Waals surface area contributed by atoms with Crippen molar-refractivity contribution in [2.24, 2.45) is 5.16 Å². The van der Waals surface area contributed by atoms with Crippen LogP contribution in [0.25, 0.3) is 10.9 Å². The van der Waals surface area contributed by atoms with Gasteiger partial charge < -0.3 is 21.0 Å². The van der Waals surface area contributed by atoms with Gasteiger partial charge in [0.15, 0.2) is 10.8 Å². The maximum Gasteiger partial charge on any atom is 0.362 e. The Morgan fingerprint density at radius 3 is 2.46 bits per heavy atom. The Hall–Kier alpha value is -4.22. The first-order chi connectivity index (χ1) is 18.1. The number of carboxylic acid groups (broad SMARTS) is 1. The van der Waals surface area contributed by atoms with Gasteiger partial charge >= 0.3 is 16.3 Å². The number of nitrogens with one attached hydrogen (secondary N) is 1. The number of nitrogens with two attached hydrogens (primary N) is 1. The molecule has 1 aliphatic heterocycles. The highest BCUT2D eigenvalue weighted by atomic mass is 32.2. The van der Waals surface area contributed by atoms with Gasteiger partial charge in [-0.25, -0.2) is 19.1 Å². The number of amides is 2. The van der Waals surface area contributed by atoms with Crippen molar-refractivity contribution < 1.29 is 41.7 Å². The van der Waals surface area contributed by atoms with Crippen molar-refractivity contribution in [2.45, 2.75) is 38.5 Å². The number of para-hydroxylation sites is 1. The van der Waals surface area contributed by atoms with Crippen molar-refractivity contribution in [3.05, 3.63) is 53.4 Å². The lowest BCUT2D eigenvalue weighted by atomic mass is 10.0. The number of thiazole rings is 1. The number of nitrogens with zero attached hydrogens (tertiary/aromatic N) is 4. The Morgan fingerprint density at radius 1 is 1.23 bits per heavy atom. The van der Waals surface area contributed by atoms with E-state index in [4.69, 9.17) is 20.2 Å². The third-order valence-corrected chi connectivity index (χ3v) is 6.98. The predicted molar refractivity (Wildman–Crippen MR) is 137 cm³/mol. The van der Waals surface area contributed by atoms with Crippen molar-refractivity contribution in [3.63, 3.8) is 0 Å². The molecule has 2 aromatic heterocycles. The third kappa shape index (κ3) is 6.81. The van der Waals surface area contributed by atoms with Crippen LogP contribution in [0.2, 0.25) is 0 Å². The molecule has 3 aromatic rings. The van der Waals surface area contributed by atoms with E-state index < -0.39 is 57.4 Å². The largest absolute Gasteiger partial charge is 0.478 e. The van der Waals surface area contributed by atoms with Crippen molar-refractivity contribution in [3.8, 4) is 0 Å². The summed E-state index contributed by atoms with van der Waals surface area (Å²) in [7, 11) is -4.76. The SMILES string of the molecule is C[C@H]1[C@H](NC(=O)C(=NOC(C)(C)C(=O)O)c2csc(N)n2)C(=O)N1S(=O)(=O)O.Fc1ccc2ccccc2n1. The fraction of sp³-hybridized carbons (Fsp3) is 0.273. The first-order valence-electron chi connectivity index (χ1n) is 11.0. The average molecular weight is 583 g/mol. The Labute approximate surface area is 225 Å². The van der Waals surface area contributed by atoms with E-state index in [2.05, 4.69) is 20.4 Å².